The molecule has 1 atom stereocenters. The third kappa shape index (κ3) is 1.81. The smallest absolute Gasteiger partial charge is 0.335 e. The molecule has 14 heavy (non-hydrogen) atoms. The number of hydrogen-bond acceptors (Lipinski definition) is 4. The largest absolute Gasteiger partial charge is 0.481 e. The Balaban J connectivity index is 3.04. The van der Waals surface area contributed by atoms with Gasteiger partial charge in [0.1, 0.15) is 5.92 Å². The quantitative estimate of drug-likeness (QED) is 0.423. The Morgan fingerprint density at radius 1 is 1.29 bits per heavy atom. The van der Waals surface area contributed by atoms with Gasteiger partial charge in [0.15, 0.2) is 0 Å². The van der Waals surface area contributed by atoms with E-state index in [4.69, 9.17) is 10.2 Å². The van der Waals surface area contributed by atoms with E-state index in [-0.39, 0.29) is 5.57 Å². The molecule has 4 N–H and O–H groups in total. The van der Waals surface area contributed by atoms with Crippen LogP contribution in [0.2, 0.25) is 0 Å². The highest BCUT2D eigenvalue weighted by atomic mass is 16.5. The number of rotatable bonds is 2. The van der Waals surface area contributed by atoms with Crippen LogP contribution in [-0.4, -0.2) is 38.2 Å². The van der Waals surface area contributed by atoms with Gasteiger partial charge >= 0.3 is 11.9 Å². The number of aliphatic carboxylic acids is 2. The molecule has 0 saturated heterocycles. The van der Waals surface area contributed by atoms with Gasteiger partial charge in [0, 0.05) is 0 Å². The molecule has 0 aliphatic heterocycles. The Hall–Kier alpha value is -1.66. The van der Waals surface area contributed by atoms with Crippen molar-refractivity contribution in [2.24, 2.45) is 5.92 Å². The van der Waals surface area contributed by atoms with Crippen molar-refractivity contribution in [2.45, 2.75) is 5.79 Å². The van der Waals surface area contributed by atoms with Gasteiger partial charge in [-0.1, -0.05) is 12.2 Å². The van der Waals surface area contributed by atoms with E-state index < -0.39 is 23.6 Å². The highest BCUT2D eigenvalue weighted by Crippen LogP contribution is 2.25. The lowest BCUT2D eigenvalue weighted by Gasteiger charge is -2.25. The second-order valence-corrected chi connectivity index (χ2v) is 2.86. The molecule has 0 amide bonds. The first-order valence-electron chi connectivity index (χ1n) is 3.66. The molecule has 0 spiro atoms. The van der Waals surface area contributed by atoms with Crippen LogP contribution in [-0.2, 0) is 9.59 Å². The molecule has 0 fully saturated rings. The van der Waals surface area contributed by atoms with E-state index in [0.29, 0.717) is 6.08 Å². The Bertz CT molecular complexity index is 338. The van der Waals surface area contributed by atoms with Gasteiger partial charge in [-0.25, -0.2) is 4.79 Å². The van der Waals surface area contributed by atoms with Crippen LogP contribution in [0.4, 0.5) is 0 Å². The summed E-state index contributed by atoms with van der Waals surface area (Å²) in [4.78, 5) is 20.9. The standard InChI is InChI=1S/C8H8O6/c9-6(10)4-1-2-5(7(11)12)8(13,14)3-4/h1-3,5,13-14H,(H,9,10)(H,11,12). The predicted molar refractivity (Wildman–Crippen MR) is 43.2 cm³/mol. The molecular weight excluding hydrogens is 192 g/mol. The van der Waals surface area contributed by atoms with E-state index in [0.717, 1.165) is 12.2 Å². The van der Waals surface area contributed by atoms with Gasteiger partial charge in [-0.3, -0.25) is 4.79 Å². The van der Waals surface area contributed by atoms with E-state index in [1.54, 1.807) is 0 Å². The molecule has 1 rings (SSSR count). The van der Waals surface area contributed by atoms with Gasteiger partial charge in [0.25, 0.3) is 0 Å². The van der Waals surface area contributed by atoms with Crippen molar-refractivity contribution >= 4 is 11.9 Å². The minimum atomic E-state index is -2.66. The molecule has 76 valence electrons. The Kier molecular flexibility index (Phi) is 2.41. The van der Waals surface area contributed by atoms with Gasteiger partial charge in [-0.05, 0) is 6.08 Å². The number of hydrogen-bond donors (Lipinski definition) is 4. The number of carbonyl (C=O) groups is 2. The SMILES string of the molecule is O=C(O)C1=CC(O)(O)C(C(=O)O)C=C1. The minimum Gasteiger partial charge on any atom is -0.481 e. The minimum absolute atomic E-state index is 0.354. The van der Waals surface area contributed by atoms with Crippen LogP contribution in [0.3, 0.4) is 0 Å². The second kappa shape index (κ2) is 3.24. The molecule has 1 aliphatic rings. The third-order valence-electron chi connectivity index (χ3n) is 1.81. The molecule has 1 aliphatic carbocycles. The zero-order valence-corrected chi connectivity index (χ0v) is 6.91. The Morgan fingerprint density at radius 3 is 2.21 bits per heavy atom. The van der Waals surface area contributed by atoms with E-state index in [9.17, 15) is 19.8 Å². The van der Waals surface area contributed by atoms with Crippen LogP contribution in [0.15, 0.2) is 23.8 Å². The predicted octanol–water partition coefficient (Wildman–Crippen LogP) is -1.05. The van der Waals surface area contributed by atoms with E-state index >= 15 is 0 Å². The summed E-state index contributed by atoms with van der Waals surface area (Å²) in [5.41, 5.74) is -0.354. The lowest BCUT2D eigenvalue weighted by Crippen LogP contribution is -2.41. The summed E-state index contributed by atoms with van der Waals surface area (Å²) in [6, 6.07) is 0. The zero-order chi connectivity index (χ0) is 10.9. The Morgan fingerprint density at radius 2 is 1.86 bits per heavy atom. The summed E-state index contributed by atoms with van der Waals surface area (Å²) in [6.45, 7) is 0. The summed E-state index contributed by atoms with van der Waals surface area (Å²) >= 11 is 0. The fraction of sp³-hybridized carbons (Fsp3) is 0.250. The van der Waals surface area contributed by atoms with Crippen LogP contribution in [0.5, 0.6) is 0 Å². The van der Waals surface area contributed by atoms with Crippen LogP contribution in [0, 0.1) is 5.92 Å². The molecule has 6 heteroatoms. The van der Waals surface area contributed by atoms with Crippen LogP contribution in [0.1, 0.15) is 0 Å². The monoisotopic (exact) mass is 200 g/mol. The summed E-state index contributed by atoms with van der Waals surface area (Å²) in [6.07, 6.45) is 2.53. The molecular formula is C8H8O6. The molecule has 0 aromatic heterocycles. The number of carboxylic acids is 2. The van der Waals surface area contributed by atoms with E-state index in [1.165, 1.54) is 0 Å². The summed E-state index contributed by atoms with van der Waals surface area (Å²) in [5.74, 6) is -7.00. The van der Waals surface area contributed by atoms with Gasteiger partial charge in [0.2, 0.25) is 5.79 Å². The topological polar surface area (TPSA) is 115 Å². The lowest BCUT2D eigenvalue weighted by atomic mass is 9.91. The van der Waals surface area contributed by atoms with E-state index in [1.807, 2.05) is 0 Å². The number of aliphatic hydroxyl groups is 2. The molecule has 1 unspecified atom stereocenters. The first kappa shape index (κ1) is 10.4. The summed E-state index contributed by atoms with van der Waals surface area (Å²) in [7, 11) is 0. The van der Waals surface area contributed by atoms with Gasteiger partial charge in [-0.2, -0.15) is 0 Å². The van der Waals surface area contributed by atoms with Crippen molar-refractivity contribution in [2.75, 3.05) is 0 Å². The molecule has 0 aromatic carbocycles. The molecule has 0 saturated carbocycles. The summed E-state index contributed by atoms with van der Waals surface area (Å²) in [5, 5.41) is 35.5. The third-order valence-corrected chi connectivity index (χ3v) is 1.81. The van der Waals surface area contributed by atoms with Crippen LogP contribution < -0.4 is 0 Å². The zero-order valence-electron chi connectivity index (χ0n) is 6.91. The van der Waals surface area contributed by atoms with Crippen molar-refractivity contribution in [3.63, 3.8) is 0 Å². The van der Waals surface area contributed by atoms with Crippen molar-refractivity contribution in [1.82, 2.24) is 0 Å². The highest BCUT2D eigenvalue weighted by Gasteiger charge is 2.39. The van der Waals surface area contributed by atoms with E-state index in [2.05, 4.69) is 0 Å². The molecule has 0 heterocycles. The maximum absolute atomic E-state index is 10.5. The van der Waals surface area contributed by atoms with Crippen molar-refractivity contribution in [1.29, 1.82) is 0 Å². The second-order valence-electron chi connectivity index (χ2n) is 2.86. The molecule has 0 radical (unpaired) electrons. The van der Waals surface area contributed by atoms with Gasteiger partial charge in [-0.15, -0.1) is 0 Å². The molecule has 0 aromatic rings. The maximum atomic E-state index is 10.5. The van der Waals surface area contributed by atoms with Crippen LogP contribution >= 0.6 is 0 Å². The van der Waals surface area contributed by atoms with Crippen molar-refractivity contribution in [3.05, 3.63) is 23.8 Å². The fourth-order valence-electron chi connectivity index (χ4n) is 1.11. The van der Waals surface area contributed by atoms with Gasteiger partial charge < -0.3 is 20.4 Å². The van der Waals surface area contributed by atoms with Crippen LogP contribution in [0.25, 0.3) is 0 Å². The number of carboxylic acid groups (broad SMARTS) is 2. The molecule has 6 nitrogen and oxygen atoms in total. The van der Waals surface area contributed by atoms with Crippen molar-refractivity contribution in [3.8, 4) is 0 Å². The van der Waals surface area contributed by atoms with Crippen molar-refractivity contribution < 1.29 is 30.0 Å². The fourth-order valence-corrected chi connectivity index (χ4v) is 1.11. The highest BCUT2D eigenvalue weighted by molar-refractivity contribution is 5.91. The average Bonchev–Trinajstić information content (AvgIpc) is 2.01. The first-order valence-corrected chi connectivity index (χ1v) is 3.66. The summed E-state index contributed by atoms with van der Waals surface area (Å²) < 4.78 is 0. The lowest BCUT2D eigenvalue weighted by molar-refractivity contribution is -0.177. The first-order chi connectivity index (χ1) is 6.34. The molecule has 0 bridgehead atoms. The normalized spacial score (nSPS) is 24.1. The maximum Gasteiger partial charge on any atom is 0.335 e. The average molecular weight is 200 g/mol. The Labute approximate surface area is 78.4 Å². The van der Waals surface area contributed by atoms with Gasteiger partial charge in [0.05, 0.1) is 5.57 Å².